The van der Waals surface area contributed by atoms with Crippen molar-refractivity contribution < 1.29 is 4.74 Å². The maximum Gasteiger partial charge on any atom is 0.145 e. The highest BCUT2D eigenvalue weighted by Gasteiger charge is 2.07. The molecule has 1 heterocycles. The van der Waals surface area contributed by atoms with E-state index in [1.807, 2.05) is 25.4 Å². The summed E-state index contributed by atoms with van der Waals surface area (Å²) in [6, 6.07) is 8.21. The van der Waals surface area contributed by atoms with Crippen LogP contribution in [0.4, 0.5) is 0 Å². The molecule has 0 aliphatic heterocycles. The first-order valence-corrected chi connectivity index (χ1v) is 6.50. The van der Waals surface area contributed by atoms with Crippen LogP contribution in [-0.2, 0) is 6.54 Å². The molecule has 0 bridgehead atoms. The van der Waals surface area contributed by atoms with Crippen LogP contribution >= 0.6 is 0 Å². The van der Waals surface area contributed by atoms with Gasteiger partial charge in [-0.1, -0.05) is 25.5 Å². The van der Waals surface area contributed by atoms with Gasteiger partial charge in [-0.25, -0.2) is 0 Å². The van der Waals surface area contributed by atoms with Crippen molar-refractivity contribution in [3.63, 3.8) is 0 Å². The molecule has 1 aromatic carbocycles. The number of hydrogen-bond acceptors (Lipinski definition) is 3. The minimum Gasteiger partial charge on any atom is -0.491 e. The fourth-order valence-corrected chi connectivity index (χ4v) is 1.99. The number of nitrogens with one attached hydrogen (secondary N) is 1. The lowest BCUT2D eigenvalue weighted by atomic mass is 10.1. The van der Waals surface area contributed by atoms with Gasteiger partial charge in [0, 0.05) is 18.1 Å². The molecule has 2 rings (SSSR count). The molecule has 0 aliphatic carbocycles. The second-order valence-electron chi connectivity index (χ2n) is 4.35. The molecule has 18 heavy (non-hydrogen) atoms. The Morgan fingerprint density at radius 3 is 2.94 bits per heavy atom. The van der Waals surface area contributed by atoms with Crippen molar-refractivity contribution in [1.29, 1.82) is 0 Å². The molecule has 1 aromatic heterocycles. The van der Waals surface area contributed by atoms with Gasteiger partial charge in [0.1, 0.15) is 11.3 Å². The summed E-state index contributed by atoms with van der Waals surface area (Å²) in [6.45, 7) is 3.76. The Morgan fingerprint density at radius 1 is 1.28 bits per heavy atom. The van der Waals surface area contributed by atoms with E-state index < -0.39 is 0 Å². The number of benzene rings is 1. The van der Waals surface area contributed by atoms with Crippen molar-refractivity contribution in [2.75, 3.05) is 13.7 Å². The zero-order chi connectivity index (χ0) is 12.8. The van der Waals surface area contributed by atoms with Crippen molar-refractivity contribution in [1.82, 2.24) is 10.3 Å². The number of pyridine rings is 1. The summed E-state index contributed by atoms with van der Waals surface area (Å²) in [5.41, 5.74) is 2.21. The predicted molar refractivity (Wildman–Crippen MR) is 74.9 cm³/mol. The summed E-state index contributed by atoms with van der Waals surface area (Å²) in [4.78, 5) is 4.45. The smallest absolute Gasteiger partial charge is 0.145 e. The first kappa shape index (κ1) is 12.8. The van der Waals surface area contributed by atoms with Gasteiger partial charge in [0.2, 0.25) is 0 Å². The Balaban J connectivity index is 2.34. The third-order valence-electron chi connectivity index (χ3n) is 2.95. The number of fused-ring (bicyclic) bond motifs is 1. The van der Waals surface area contributed by atoms with E-state index >= 15 is 0 Å². The van der Waals surface area contributed by atoms with Crippen LogP contribution < -0.4 is 10.1 Å². The highest BCUT2D eigenvalue weighted by Crippen LogP contribution is 2.26. The molecule has 0 atom stereocenters. The number of ether oxygens (including phenoxy) is 1. The summed E-state index contributed by atoms with van der Waals surface area (Å²) in [7, 11) is 1.95. The van der Waals surface area contributed by atoms with Crippen molar-refractivity contribution in [2.45, 2.75) is 26.3 Å². The first-order chi connectivity index (χ1) is 8.86. The van der Waals surface area contributed by atoms with E-state index in [-0.39, 0.29) is 0 Å². The van der Waals surface area contributed by atoms with Crippen LogP contribution in [-0.4, -0.2) is 18.6 Å². The van der Waals surface area contributed by atoms with Crippen LogP contribution in [0.1, 0.15) is 25.3 Å². The molecule has 3 nitrogen and oxygen atoms in total. The number of hydrogen-bond donors (Lipinski definition) is 1. The Kier molecular flexibility index (Phi) is 4.53. The number of aromatic nitrogens is 1. The quantitative estimate of drug-likeness (QED) is 0.793. The van der Waals surface area contributed by atoms with Crippen LogP contribution in [0.3, 0.4) is 0 Å². The average molecular weight is 244 g/mol. The van der Waals surface area contributed by atoms with Crippen molar-refractivity contribution >= 4 is 10.9 Å². The Labute approximate surface area is 108 Å². The molecule has 0 saturated heterocycles. The summed E-state index contributed by atoms with van der Waals surface area (Å²) in [6.07, 6.45) is 4.04. The van der Waals surface area contributed by atoms with E-state index in [0.29, 0.717) is 0 Å². The maximum atomic E-state index is 5.81. The van der Waals surface area contributed by atoms with Gasteiger partial charge in [-0.3, -0.25) is 4.98 Å². The molecule has 0 unspecified atom stereocenters. The summed E-state index contributed by atoms with van der Waals surface area (Å²) in [5.74, 6) is 0.888. The molecule has 3 heteroatoms. The van der Waals surface area contributed by atoms with Gasteiger partial charge >= 0.3 is 0 Å². The SMILES string of the molecule is CCCCOc1ccc(CNC)c2cccnc12. The van der Waals surface area contributed by atoms with E-state index in [1.54, 1.807) is 0 Å². The third kappa shape index (κ3) is 2.79. The zero-order valence-electron chi connectivity index (χ0n) is 11.1. The van der Waals surface area contributed by atoms with Gasteiger partial charge in [-0.15, -0.1) is 0 Å². The highest BCUT2D eigenvalue weighted by molar-refractivity contribution is 5.87. The van der Waals surface area contributed by atoms with Gasteiger partial charge in [0.15, 0.2) is 0 Å². The fraction of sp³-hybridized carbons (Fsp3) is 0.400. The van der Waals surface area contributed by atoms with Crippen molar-refractivity contribution in [2.24, 2.45) is 0 Å². The predicted octanol–water partition coefficient (Wildman–Crippen LogP) is 3.13. The number of nitrogens with zero attached hydrogens (tertiary/aromatic N) is 1. The second-order valence-corrected chi connectivity index (χ2v) is 4.35. The van der Waals surface area contributed by atoms with E-state index in [0.717, 1.165) is 37.3 Å². The number of unbranched alkanes of at least 4 members (excludes halogenated alkanes) is 1. The second kappa shape index (κ2) is 6.36. The Morgan fingerprint density at radius 2 is 2.17 bits per heavy atom. The zero-order valence-corrected chi connectivity index (χ0v) is 11.1. The lowest BCUT2D eigenvalue weighted by Gasteiger charge is -2.11. The molecule has 0 radical (unpaired) electrons. The van der Waals surface area contributed by atoms with Gasteiger partial charge in [-0.2, -0.15) is 0 Å². The Bertz CT molecular complexity index is 511. The van der Waals surface area contributed by atoms with Crippen molar-refractivity contribution in [3.05, 3.63) is 36.0 Å². The molecular formula is C15H20N2O. The normalized spacial score (nSPS) is 10.8. The van der Waals surface area contributed by atoms with Gasteiger partial charge in [0.25, 0.3) is 0 Å². The maximum absolute atomic E-state index is 5.81. The summed E-state index contributed by atoms with van der Waals surface area (Å²) < 4.78 is 5.81. The molecule has 0 spiro atoms. The van der Waals surface area contributed by atoms with Crippen LogP contribution in [0, 0.1) is 0 Å². The summed E-state index contributed by atoms with van der Waals surface area (Å²) >= 11 is 0. The Hall–Kier alpha value is -1.61. The lowest BCUT2D eigenvalue weighted by molar-refractivity contribution is 0.312. The molecule has 0 amide bonds. The molecule has 1 N–H and O–H groups in total. The minimum atomic E-state index is 0.757. The van der Waals surface area contributed by atoms with Gasteiger partial charge < -0.3 is 10.1 Å². The molecule has 0 aliphatic rings. The van der Waals surface area contributed by atoms with Crippen LogP contribution in [0.15, 0.2) is 30.5 Å². The number of rotatable bonds is 6. The molecule has 0 saturated carbocycles. The van der Waals surface area contributed by atoms with E-state index in [2.05, 4.69) is 29.4 Å². The first-order valence-electron chi connectivity index (χ1n) is 6.50. The van der Waals surface area contributed by atoms with Gasteiger partial charge in [-0.05, 0) is 31.2 Å². The van der Waals surface area contributed by atoms with Crippen LogP contribution in [0.25, 0.3) is 10.9 Å². The molecule has 2 aromatic rings. The van der Waals surface area contributed by atoms with E-state index in [9.17, 15) is 0 Å². The third-order valence-corrected chi connectivity index (χ3v) is 2.95. The van der Waals surface area contributed by atoms with E-state index in [4.69, 9.17) is 4.74 Å². The highest BCUT2D eigenvalue weighted by atomic mass is 16.5. The average Bonchev–Trinajstić information content (AvgIpc) is 2.41. The topological polar surface area (TPSA) is 34.1 Å². The van der Waals surface area contributed by atoms with E-state index in [1.165, 1.54) is 10.9 Å². The molecule has 96 valence electrons. The van der Waals surface area contributed by atoms with Crippen LogP contribution in [0.2, 0.25) is 0 Å². The molecular weight excluding hydrogens is 224 g/mol. The largest absolute Gasteiger partial charge is 0.491 e. The lowest BCUT2D eigenvalue weighted by Crippen LogP contribution is -2.06. The fourth-order valence-electron chi connectivity index (χ4n) is 1.99. The molecule has 0 fully saturated rings. The monoisotopic (exact) mass is 244 g/mol. The van der Waals surface area contributed by atoms with Gasteiger partial charge in [0.05, 0.1) is 6.61 Å². The van der Waals surface area contributed by atoms with Crippen LogP contribution in [0.5, 0.6) is 5.75 Å². The van der Waals surface area contributed by atoms with Crippen molar-refractivity contribution in [3.8, 4) is 5.75 Å². The summed E-state index contributed by atoms with van der Waals surface area (Å²) in [5, 5.41) is 4.35. The standard InChI is InChI=1S/C15H20N2O/c1-3-4-10-18-14-8-7-12(11-16-2)13-6-5-9-17-15(13)14/h5-9,16H,3-4,10-11H2,1-2H3. The minimum absolute atomic E-state index is 0.757.